The van der Waals surface area contributed by atoms with Crippen molar-refractivity contribution < 1.29 is 9.59 Å². The molecule has 0 saturated carbocycles. The van der Waals surface area contributed by atoms with Crippen molar-refractivity contribution in [2.24, 2.45) is 4.99 Å². The Morgan fingerprint density at radius 2 is 1.79 bits per heavy atom. The van der Waals surface area contributed by atoms with Gasteiger partial charge in [0.2, 0.25) is 0 Å². The van der Waals surface area contributed by atoms with Crippen molar-refractivity contribution in [2.75, 3.05) is 25.5 Å². The lowest BCUT2D eigenvalue weighted by molar-refractivity contribution is -0.122. The standard InChI is InChI=1S/C26H23N5O2S/c1-30(2)16-8-9-18-20(14-31(22(18)12-16)11-5-10-27-15-34)24-23(25(32)29-26(24)33)19-13-28-21-7-4-3-6-17(19)21/h3-4,6-9,12-14,28H,5,10-11H2,1-2H3,(H,29,32,33). The minimum Gasteiger partial charge on any atom is -0.378 e. The number of benzene rings is 2. The average Bonchev–Trinajstić information content (AvgIpc) is 3.49. The number of para-hydroxylation sites is 1. The number of imide groups is 1. The molecule has 0 saturated heterocycles. The van der Waals surface area contributed by atoms with Crippen LogP contribution in [0, 0.1) is 0 Å². The van der Waals surface area contributed by atoms with E-state index in [0.717, 1.165) is 45.0 Å². The zero-order chi connectivity index (χ0) is 23.8. The lowest BCUT2D eigenvalue weighted by atomic mass is 9.95. The van der Waals surface area contributed by atoms with Crippen molar-refractivity contribution in [3.05, 3.63) is 66.0 Å². The molecule has 1 aliphatic heterocycles. The normalized spacial score (nSPS) is 13.6. The zero-order valence-electron chi connectivity index (χ0n) is 18.9. The van der Waals surface area contributed by atoms with Gasteiger partial charge in [-0.05, 0) is 36.8 Å². The molecule has 0 unspecified atom stereocenters. The summed E-state index contributed by atoms with van der Waals surface area (Å²) in [6.07, 6.45) is 4.54. The number of rotatable bonds is 7. The van der Waals surface area contributed by atoms with Crippen LogP contribution in [0.2, 0.25) is 0 Å². The molecule has 0 spiro atoms. The molecule has 34 heavy (non-hydrogen) atoms. The zero-order valence-corrected chi connectivity index (χ0v) is 19.7. The van der Waals surface area contributed by atoms with Crippen LogP contribution in [0.3, 0.4) is 0 Å². The van der Waals surface area contributed by atoms with E-state index < -0.39 is 0 Å². The molecular formula is C26H23N5O2S. The van der Waals surface area contributed by atoms with Gasteiger partial charge in [-0.15, -0.1) is 0 Å². The summed E-state index contributed by atoms with van der Waals surface area (Å²) in [7, 11) is 3.98. The van der Waals surface area contributed by atoms with Gasteiger partial charge in [-0.3, -0.25) is 14.9 Å². The topological polar surface area (TPSA) is 82.5 Å². The lowest BCUT2D eigenvalue weighted by Crippen LogP contribution is -2.22. The van der Waals surface area contributed by atoms with Crippen molar-refractivity contribution >= 4 is 67.8 Å². The first kappa shape index (κ1) is 21.8. The molecule has 0 radical (unpaired) electrons. The molecule has 0 aliphatic carbocycles. The van der Waals surface area contributed by atoms with E-state index in [1.165, 1.54) is 0 Å². The van der Waals surface area contributed by atoms with Crippen LogP contribution < -0.4 is 10.2 Å². The van der Waals surface area contributed by atoms with Gasteiger partial charge in [0.05, 0.1) is 28.4 Å². The highest BCUT2D eigenvalue weighted by Crippen LogP contribution is 2.39. The first-order chi connectivity index (χ1) is 16.5. The molecule has 0 bridgehead atoms. The number of amides is 2. The molecule has 2 amide bonds. The van der Waals surface area contributed by atoms with Gasteiger partial charge in [0.15, 0.2) is 0 Å². The maximum absolute atomic E-state index is 13.1. The van der Waals surface area contributed by atoms with E-state index in [-0.39, 0.29) is 11.8 Å². The second kappa shape index (κ2) is 8.74. The van der Waals surface area contributed by atoms with Crippen molar-refractivity contribution in [3.8, 4) is 0 Å². The van der Waals surface area contributed by atoms with E-state index in [0.29, 0.717) is 24.2 Å². The Morgan fingerprint density at radius 3 is 2.56 bits per heavy atom. The molecule has 5 rings (SSSR count). The van der Waals surface area contributed by atoms with Crippen LogP contribution in [0.15, 0.2) is 59.9 Å². The number of carbonyl (C=O) groups is 2. The van der Waals surface area contributed by atoms with Crippen LogP contribution in [0.5, 0.6) is 0 Å². The van der Waals surface area contributed by atoms with Gasteiger partial charge in [0.25, 0.3) is 11.8 Å². The quantitative estimate of drug-likeness (QED) is 0.184. The molecule has 2 aromatic heterocycles. The fourth-order valence-corrected chi connectivity index (χ4v) is 4.65. The van der Waals surface area contributed by atoms with Crippen LogP contribution >= 0.6 is 12.2 Å². The minimum absolute atomic E-state index is 0.383. The predicted molar refractivity (Wildman–Crippen MR) is 139 cm³/mol. The SMILES string of the molecule is CN(C)c1ccc2c(C3=C(c4c[nH]c5ccccc45)C(=O)NC3=O)cn(CCCN=C=S)c2c1. The van der Waals surface area contributed by atoms with E-state index in [4.69, 9.17) is 0 Å². The first-order valence-corrected chi connectivity index (χ1v) is 11.4. The molecule has 8 heteroatoms. The Kier molecular flexibility index (Phi) is 5.61. The van der Waals surface area contributed by atoms with Crippen molar-refractivity contribution in [1.82, 2.24) is 14.9 Å². The maximum atomic E-state index is 13.1. The van der Waals surface area contributed by atoms with Crippen LogP contribution in [-0.4, -0.2) is 47.2 Å². The average molecular weight is 470 g/mol. The largest absolute Gasteiger partial charge is 0.378 e. The molecule has 170 valence electrons. The van der Waals surface area contributed by atoms with E-state index in [1.807, 2.05) is 61.6 Å². The summed E-state index contributed by atoms with van der Waals surface area (Å²) in [6, 6.07) is 13.9. The van der Waals surface area contributed by atoms with Gasteiger partial charge >= 0.3 is 0 Å². The molecule has 0 atom stereocenters. The number of aromatic nitrogens is 2. The highest BCUT2D eigenvalue weighted by atomic mass is 32.1. The fourth-order valence-electron chi connectivity index (χ4n) is 4.56. The number of hydrogen-bond acceptors (Lipinski definition) is 5. The van der Waals surface area contributed by atoms with Gasteiger partial charge in [-0.25, -0.2) is 4.99 Å². The number of thiocarbonyl (C=S) groups is 1. The molecule has 7 nitrogen and oxygen atoms in total. The summed E-state index contributed by atoms with van der Waals surface area (Å²) in [5.41, 5.74) is 5.20. The monoisotopic (exact) mass is 469 g/mol. The van der Waals surface area contributed by atoms with Crippen LogP contribution in [0.4, 0.5) is 5.69 Å². The van der Waals surface area contributed by atoms with Crippen molar-refractivity contribution in [3.63, 3.8) is 0 Å². The molecule has 1 aliphatic rings. The third kappa shape index (κ3) is 3.63. The number of isothiocyanates is 1. The Morgan fingerprint density at radius 1 is 1.03 bits per heavy atom. The Bertz CT molecular complexity index is 1540. The van der Waals surface area contributed by atoms with Crippen LogP contribution in [-0.2, 0) is 16.1 Å². The second-order valence-corrected chi connectivity index (χ2v) is 8.62. The number of aromatic amines is 1. The van der Waals surface area contributed by atoms with E-state index in [1.54, 1.807) is 6.20 Å². The Labute approximate surface area is 201 Å². The van der Waals surface area contributed by atoms with E-state index in [9.17, 15) is 9.59 Å². The number of aliphatic imine (C=N–C) groups is 1. The molecule has 2 aromatic carbocycles. The molecule has 4 aromatic rings. The first-order valence-electron chi connectivity index (χ1n) is 11.0. The van der Waals surface area contributed by atoms with Crippen molar-refractivity contribution in [1.29, 1.82) is 0 Å². The van der Waals surface area contributed by atoms with Gasteiger partial charge in [-0.1, -0.05) is 24.3 Å². The smallest absolute Gasteiger partial charge is 0.259 e. The summed E-state index contributed by atoms with van der Waals surface area (Å²) in [5.74, 6) is -0.766. The van der Waals surface area contributed by atoms with E-state index in [2.05, 4.69) is 43.3 Å². The molecule has 3 heterocycles. The predicted octanol–water partition coefficient (Wildman–Crippen LogP) is 4.25. The summed E-state index contributed by atoms with van der Waals surface area (Å²) in [4.78, 5) is 35.4. The summed E-state index contributed by atoms with van der Waals surface area (Å²) < 4.78 is 2.12. The minimum atomic E-state index is -0.383. The van der Waals surface area contributed by atoms with Gasteiger partial charge in [0, 0.05) is 66.1 Å². The highest BCUT2D eigenvalue weighted by Gasteiger charge is 2.35. The summed E-state index contributed by atoms with van der Waals surface area (Å²) in [6.45, 7) is 1.27. The summed E-state index contributed by atoms with van der Waals surface area (Å²) in [5, 5.41) is 6.73. The second-order valence-electron chi connectivity index (χ2n) is 8.44. The third-order valence-corrected chi connectivity index (χ3v) is 6.30. The fraction of sp³-hybridized carbons (Fsp3) is 0.192. The van der Waals surface area contributed by atoms with Gasteiger partial charge in [-0.2, -0.15) is 0 Å². The lowest BCUT2D eigenvalue weighted by Gasteiger charge is -2.13. The number of aryl methyl sites for hydroxylation is 1. The number of fused-ring (bicyclic) bond motifs is 2. The third-order valence-electron chi connectivity index (χ3n) is 6.17. The van der Waals surface area contributed by atoms with E-state index >= 15 is 0 Å². The molecular weight excluding hydrogens is 446 g/mol. The molecule has 0 fully saturated rings. The van der Waals surface area contributed by atoms with Gasteiger partial charge < -0.3 is 14.5 Å². The molecule has 2 N–H and O–H groups in total. The number of nitrogens with one attached hydrogen (secondary N) is 2. The maximum Gasteiger partial charge on any atom is 0.259 e. The van der Waals surface area contributed by atoms with Gasteiger partial charge in [0.1, 0.15) is 0 Å². The van der Waals surface area contributed by atoms with Crippen LogP contribution in [0.1, 0.15) is 17.5 Å². The Balaban J connectivity index is 1.73. The Hall–Kier alpha value is -4.00. The number of carbonyl (C=O) groups excluding carboxylic acids is 2. The summed E-state index contributed by atoms with van der Waals surface area (Å²) >= 11 is 4.68. The van der Waals surface area contributed by atoms with Crippen LogP contribution in [0.25, 0.3) is 33.0 Å². The number of anilines is 1. The number of nitrogens with zero attached hydrogens (tertiary/aromatic N) is 3. The van der Waals surface area contributed by atoms with Crippen molar-refractivity contribution in [2.45, 2.75) is 13.0 Å². The highest BCUT2D eigenvalue weighted by molar-refractivity contribution is 7.78. The number of hydrogen-bond donors (Lipinski definition) is 2. The number of H-pyrrole nitrogens is 1.